The van der Waals surface area contributed by atoms with Crippen LogP contribution in [0.15, 0.2) is 0 Å². The van der Waals surface area contributed by atoms with Crippen molar-refractivity contribution in [3.05, 3.63) is 0 Å². The number of aliphatic carboxylic acids is 1. The summed E-state index contributed by atoms with van der Waals surface area (Å²) in [5.74, 6) is -0.194. The molecule has 2 bridgehead atoms. The van der Waals surface area contributed by atoms with E-state index in [4.69, 9.17) is 5.11 Å². The van der Waals surface area contributed by atoms with Crippen LogP contribution in [-0.2, 0) is 4.79 Å². The second-order valence-electron chi connectivity index (χ2n) is 4.49. The zero-order valence-corrected chi connectivity index (χ0v) is 10.5. The van der Waals surface area contributed by atoms with Gasteiger partial charge in [0.1, 0.15) is 0 Å². The number of piperidine rings is 1. The van der Waals surface area contributed by atoms with Gasteiger partial charge in [-0.05, 0) is 38.6 Å². The Labute approximate surface area is 103 Å². The normalized spacial score (nSPS) is 34.1. The van der Waals surface area contributed by atoms with E-state index in [1.165, 1.54) is 12.8 Å². The van der Waals surface area contributed by atoms with Crippen LogP contribution in [0.3, 0.4) is 0 Å². The zero-order valence-electron chi connectivity index (χ0n) is 8.89. The van der Waals surface area contributed by atoms with Crippen molar-refractivity contribution in [2.45, 2.75) is 44.2 Å². The van der Waals surface area contributed by atoms with Gasteiger partial charge in [0.25, 0.3) is 0 Å². The van der Waals surface area contributed by atoms with Crippen LogP contribution in [0, 0.1) is 5.92 Å². The first-order chi connectivity index (χ1) is 6.16. The first kappa shape index (κ1) is 15.0. The summed E-state index contributed by atoms with van der Waals surface area (Å²) < 4.78 is 0. The topological polar surface area (TPSA) is 40.5 Å². The standard InChI is InChI=1S/C10H17NO2.2ClH/c1-11-8-2-3-9(11)5-7(4-8)6-10(12)13;;/h7-9H,2-6H2,1H3,(H,12,13);2*1H. The number of hydrogen-bond acceptors (Lipinski definition) is 2. The molecule has 0 saturated carbocycles. The molecular formula is C10H19Cl2NO2. The highest BCUT2D eigenvalue weighted by Crippen LogP contribution is 2.38. The average molecular weight is 256 g/mol. The van der Waals surface area contributed by atoms with Crippen LogP contribution in [-0.4, -0.2) is 35.1 Å². The largest absolute Gasteiger partial charge is 0.481 e. The lowest BCUT2D eigenvalue weighted by atomic mass is 9.89. The maximum atomic E-state index is 10.6. The smallest absolute Gasteiger partial charge is 0.303 e. The fourth-order valence-electron chi connectivity index (χ4n) is 2.94. The van der Waals surface area contributed by atoms with Crippen LogP contribution in [0.4, 0.5) is 0 Å². The number of carboxylic acids is 1. The van der Waals surface area contributed by atoms with Gasteiger partial charge in [-0.1, -0.05) is 0 Å². The lowest BCUT2D eigenvalue weighted by Gasteiger charge is -2.35. The molecule has 2 heterocycles. The van der Waals surface area contributed by atoms with E-state index in [2.05, 4.69) is 11.9 Å². The molecule has 2 fully saturated rings. The lowest BCUT2D eigenvalue weighted by Crippen LogP contribution is -2.40. The second kappa shape index (κ2) is 5.92. The molecule has 2 aliphatic rings. The van der Waals surface area contributed by atoms with Gasteiger partial charge in [0.05, 0.1) is 0 Å². The van der Waals surface area contributed by atoms with Gasteiger partial charge in [-0.2, -0.15) is 0 Å². The molecule has 2 unspecified atom stereocenters. The molecule has 0 aliphatic carbocycles. The summed E-state index contributed by atoms with van der Waals surface area (Å²) in [5.41, 5.74) is 0. The molecule has 5 heteroatoms. The van der Waals surface area contributed by atoms with Crippen LogP contribution in [0.1, 0.15) is 32.1 Å². The van der Waals surface area contributed by atoms with Crippen molar-refractivity contribution in [2.24, 2.45) is 5.92 Å². The average Bonchev–Trinajstić information content (AvgIpc) is 2.33. The van der Waals surface area contributed by atoms with Crippen LogP contribution in [0.25, 0.3) is 0 Å². The predicted octanol–water partition coefficient (Wildman–Crippen LogP) is 2.18. The number of carbonyl (C=O) groups is 1. The summed E-state index contributed by atoms with van der Waals surface area (Å²) in [6.45, 7) is 0. The van der Waals surface area contributed by atoms with Crippen LogP contribution < -0.4 is 0 Å². The third-order valence-corrected chi connectivity index (χ3v) is 3.66. The van der Waals surface area contributed by atoms with Crippen molar-refractivity contribution in [1.29, 1.82) is 0 Å². The van der Waals surface area contributed by atoms with Gasteiger partial charge < -0.3 is 10.0 Å². The molecular weight excluding hydrogens is 237 g/mol. The quantitative estimate of drug-likeness (QED) is 0.823. The predicted molar refractivity (Wildman–Crippen MR) is 64.0 cm³/mol. The van der Waals surface area contributed by atoms with E-state index in [9.17, 15) is 4.79 Å². The maximum Gasteiger partial charge on any atom is 0.303 e. The van der Waals surface area contributed by atoms with E-state index >= 15 is 0 Å². The maximum absolute atomic E-state index is 10.6. The molecule has 2 aliphatic heterocycles. The molecule has 15 heavy (non-hydrogen) atoms. The van der Waals surface area contributed by atoms with Crippen molar-refractivity contribution < 1.29 is 9.90 Å². The van der Waals surface area contributed by atoms with E-state index in [0.717, 1.165) is 12.8 Å². The fourth-order valence-corrected chi connectivity index (χ4v) is 2.94. The number of nitrogens with zero attached hydrogens (tertiary/aromatic N) is 1. The first-order valence-corrected chi connectivity index (χ1v) is 5.10. The van der Waals surface area contributed by atoms with E-state index in [-0.39, 0.29) is 24.8 Å². The molecule has 0 spiro atoms. The van der Waals surface area contributed by atoms with Crippen molar-refractivity contribution in [3.63, 3.8) is 0 Å². The molecule has 0 aromatic heterocycles. The zero-order chi connectivity index (χ0) is 9.42. The molecule has 0 amide bonds. The minimum atomic E-state index is -0.631. The minimum absolute atomic E-state index is 0. The molecule has 0 aromatic carbocycles. The van der Waals surface area contributed by atoms with Gasteiger partial charge in [-0.25, -0.2) is 0 Å². The second-order valence-corrected chi connectivity index (χ2v) is 4.49. The molecule has 2 rings (SSSR count). The van der Waals surface area contributed by atoms with E-state index in [1.807, 2.05) is 0 Å². The van der Waals surface area contributed by atoms with E-state index in [1.54, 1.807) is 0 Å². The van der Waals surface area contributed by atoms with Gasteiger partial charge in [0, 0.05) is 18.5 Å². The Morgan fingerprint density at radius 2 is 1.73 bits per heavy atom. The molecule has 3 nitrogen and oxygen atoms in total. The molecule has 2 saturated heterocycles. The summed E-state index contributed by atoms with van der Waals surface area (Å²) in [4.78, 5) is 13.0. The highest BCUT2D eigenvalue weighted by Gasteiger charge is 2.38. The summed E-state index contributed by atoms with van der Waals surface area (Å²) >= 11 is 0. The summed E-state index contributed by atoms with van der Waals surface area (Å²) in [5, 5.41) is 8.71. The summed E-state index contributed by atoms with van der Waals surface area (Å²) in [7, 11) is 2.18. The van der Waals surface area contributed by atoms with Crippen LogP contribution >= 0.6 is 24.8 Å². The van der Waals surface area contributed by atoms with Crippen molar-refractivity contribution in [3.8, 4) is 0 Å². The summed E-state index contributed by atoms with van der Waals surface area (Å²) in [6.07, 6.45) is 5.12. The Kier molecular flexibility index (Phi) is 5.93. The lowest BCUT2D eigenvalue weighted by molar-refractivity contribution is -0.138. The third-order valence-electron chi connectivity index (χ3n) is 3.66. The van der Waals surface area contributed by atoms with Crippen molar-refractivity contribution in [1.82, 2.24) is 4.90 Å². The Balaban J connectivity index is 0.000000980. The van der Waals surface area contributed by atoms with Gasteiger partial charge in [-0.3, -0.25) is 4.79 Å². The minimum Gasteiger partial charge on any atom is -0.481 e. The van der Waals surface area contributed by atoms with Gasteiger partial charge in [0.15, 0.2) is 0 Å². The highest BCUT2D eigenvalue weighted by atomic mass is 35.5. The van der Waals surface area contributed by atoms with Gasteiger partial charge >= 0.3 is 5.97 Å². The third kappa shape index (κ3) is 3.23. The number of rotatable bonds is 2. The fraction of sp³-hybridized carbons (Fsp3) is 0.900. The number of fused-ring (bicyclic) bond motifs is 2. The molecule has 1 N–H and O–H groups in total. The SMILES string of the molecule is CN1C2CCC1CC(CC(=O)O)C2.Cl.Cl. The highest BCUT2D eigenvalue weighted by molar-refractivity contribution is 5.85. The van der Waals surface area contributed by atoms with E-state index in [0.29, 0.717) is 24.4 Å². The Bertz CT molecular complexity index is 211. The van der Waals surface area contributed by atoms with Crippen LogP contribution in [0.2, 0.25) is 0 Å². The molecule has 0 aromatic rings. The first-order valence-electron chi connectivity index (χ1n) is 5.10. The molecule has 0 radical (unpaired) electrons. The molecule has 2 atom stereocenters. The van der Waals surface area contributed by atoms with Gasteiger partial charge in [-0.15, -0.1) is 24.8 Å². The number of carboxylic acid groups (broad SMARTS) is 1. The molecule has 90 valence electrons. The monoisotopic (exact) mass is 255 g/mol. The van der Waals surface area contributed by atoms with Crippen molar-refractivity contribution >= 4 is 30.8 Å². The number of hydrogen-bond donors (Lipinski definition) is 1. The number of halogens is 2. The Morgan fingerprint density at radius 1 is 1.27 bits per heavy atom. The Hall–Kier alpha value is 0.01000. The Morgan fingerprint density at radius 3 is 2.13 bits per heavy atom. The van der Waals surface area contributed by atoms with E-state index < -0.39 is 5.97 Å². The van der Waals surface area contributed by atoms with Crippen LogP contribution in [0.5, 0.6) is 0 Å². The van der Waals surface area contributed by atoms with Crippen molar-refractivity contribution in [2.75, 3.05) is 7.05 Å². The van der Waals surface area contributed by atoms with Gasteiger partial charge in [0.2, 0.25) is 0 Å². The summed E-state index contributed by atoms with van der Waals surface area (Å²) in [6, 6.07) is 1.34.